The number of nitrogens with one attached hydrogen (secondary N) is 1. The van der Waals surface area contributed by atoms with Crippen molar-refractivity contribution in [3.8, 4) is 0 Å². The summed E-state index contributed by atoms with van der Waals surface area (Å²) < 4.78 is 39.9. The molecule has 9 heteroatoms. The molecule has 6 nitrogen and oxygen atoms in total. The molecule has 3 N–H and O–H groups in total. The van der Waals surface area contributed by atoms with Gasteiger partial charge in [-0.25, -0.2) is 12.8 Å². The lowest BCUT2D eigenvalue weighted by Gasteiger charge is -2.16. The Balaban J connectivity index is 0.00000261. The van der Waals surface area contributed by atoms with E-state index in [4.69, 9.17) is 5.73 Å². The lowest BCUT2D eigenvalue weighted by Crippen LogP contribution is -2.29. The Morgan fingerprint density at radius 2 is 1.78 bits per heavy atom. The maximum absolute atomic E-state index is 12.9. The molecule has 1 amide bonds. The van der Waals surface area contributed by atoms with Crippen molar-refractivity contribution in [2.24, 2.45) is 11.7 Å². The number of benzene rings is 2. The SMILES string of the molecule is Cl.NCC1CCN(C(=O)c2ccc(NS(=O)(=O)c3ccc(F)cc3)cc2)C1. The van der Waals surface area contributed by atoms with Crippen LogP contribution in [0.5, 0.6) is 0 Å². The number of sulfonamides is 1. The minimum absolute atomic E-state index is 0. The highest BCUT2D eigenvalue weighted by Crippen LogP contribution is 2.20. The van der Waals surface area contributed by atoms with Crippen molar-refractivity contribution < 1.29 is 17.6 Å². The van der Waals surface area contributed by atoms with E-state index in [1.54, 1.807) is 17.0 Å². The van der Waals surface area contributed by atoms with Crippen molar-refractivity contribution in [3.63, 3.8) is 0 Å². The van der Waals surface area contributed by atoms with Crippen LogP contribution in [-0.4, -0.2) is 38.9 Å². The first-order chi connectivity index (χ1) is 12.4. The zero-order chi connectivity index (χ0) is 18.7. The highest BCUT2D eigenvalue weighted by molar-refractivity contribution is 7.92. The van der Waals surface area contributed by atoms with Crippen LogP contribution in [0.4, 0.5) is 10.1 Å². The summed E-state index contributed by atoms with van der Waals surface area (Å²) in [6.45, 7) is 1.89. The zero-order valence-corrected chi connectivity index (χ0v) is 16.1. The molecule has 3 rings (SSSR count). The summed E-state index contributed by atoms with van der Waals surface area (Å²) in [4.78, 5) is 14.2. The van der Waals surface area contributed by atoms with Crippen molar-refractivity contribution in [1.82, 2.24) is 4.90 Å². The fraction of sp³-hybridized carbons (Fsp3) is 0.278. The molecule has 1 heterocycles. The number of nitrogens with two attached hydrogens (primary N) is 1. The van der Waals surface area contributed by atoms with Crippen LogP contribution in [-0.2, 0) is 10.0 Å². The molecule has 0 spiro atoms. The second kappa shape index (κ2) is 8.69. The Kier molecular flexibility index (Phi) is 6.80. The number of nitrogens with zero attached hydrogens (tertiary/aromatic N) is 1. The topological polar surface area (TPSA) is 92.5 Å². The molecule has 1 aliphatic heterocycles. The number of anilines is 1. The fourth-order valence-corrected chi connectivity index (χ4v) is 3.96. The van der Waals surface area contributed by atoms with E-state index in [0.717, 1.165) is 18.6 Å². The summed E-state index contributed by atoms with van der Waals surface area (Å²) >= 11 is 0. The van der Waals surface area contributed by atoms with E-state index in [-0.39, 0.29) is 23.2 Å². The van der Waals surface area contributed by atoms with E-state index in [9.17, 15) is 17.6 Å². The third-order valence-corrected chi connectivity index (χ3v) is 5.81. The summed E-state index contributed by atoms with van der Waals surface area (Å²) in [5, 5.41) is 0. The maximum Gasteiger partial charge on any atom is 0.261 e. The number of halogens is 2. The fourth-order valence-electron chi connectivity index (χ4n) is 2.90. The summed E-state index contributed by atoms with van der Waals surface area (Å²) in [5.74, 6) is -0.264. The lowest BCUT2D eigenvalue weighted by molar-refractivity contribution is 0.0787. The number of carbonyl (C=O) groups is 1. The molecule has 146 valence electrons. The Labute approximate surface area is 164 Å². The first-order valence-electron chi connectivity index (χ1n) is 8.27. The second-order valence-corrected chi connectivity index (χ2v) is 7.96. The molecule has 0 radical (unpaired) electrons. The Bertz CT molecular complexity index is 889. The van der Waals surface area contributed by atoms with Gasteiger partial charge in [-0.2, -0.15) is 0 Å². The second-order valence-electron chi connectivity index (χ2n) is 6.28. The number of hydrogen-bond donors (Lipinski definition) is 2. The Morgan fingerprint density at radius 3 is 2.33 bits per heavy atom. The van der Waals surface area contributed by atoms with Gasteiger partial charge in [-0.15, -0.1) is 12.4 Å². The smallest absolute Gasteiger partial charge is 0.261 e. The van der Waals surface area contributed by atoms with Crippen LogP contribution >= 0.6 is 12.4 Å². The molecule has 1 unspecified atom stereocenters. The molecule has 1 aliphatic rings. The van der Waals surface area contributed by atoms with Crippen molar-refractivity contribution >= 4 is 34.0 Å². The molecule has 1 fully saturated rings. The molecule has 0 bridgehead atoms. The largest absolute Gasteiger partial charge is 0.338 e. The third-order valence-electron chi connectivity index (χ3n) is 4.41. The molecule has 0 aromatic heterocycles. The minimum atomic E-state index is -3.82. The Morgan fingerprint density at radius 1 is 1.15 bits per heavy atom. The molecule has 1 saturated heterocycles. The molecule has 0 aliphatic carbocycles. The van der Waals surface area contributed by atoms with Crippen LogP contribution in [0.25, 0.3) is 0 Å². The van der Waals surface area contributed by atoms with Gasteiger partial charge in [-0.1, -0.05) is 0 Å². The maximum atomic E-state index is 12.9. The van der Waals surface area contributed by atoms with Crippen LogP contribution in [0.15, 0.2) is 53.4 Å². The van der Waals surface area contributed by atoms with Crippen LogP contribution in [0.1, 0.15) is 16.8 Å². The monoisotopic (exact) mass is 413 g/mol. The van der Waals surface area contributed by atoms with E-state index in [1.165, 1.54) is 24.3 Å². The average Bonchev–Trinajstić information content (AvgIpc) is 3.11. The summed E-state index contributed by atoms with van der Waals surface area (Å²) in [7, 11) is -3.82. The van der Waals surface area contributed by atoms with Gasteiger partial charge in [-0.3, -0.25) is 9.52 Å². The highest BCUT2D eigenvalue weighted by Gasteiger charge is 2.26. The van der Waals surface area contributed by atoms with Gasteiger partial charge in [0.25, 0.3) is 15.9 Å². The summed E-state index contributed by atoms with van der Waals surface area (Å²) in [6, 6.07) is 10.8. The van der Waals surface area contributed by atoms with Gasteiger partial charge in [0.15, 0.2) is 0 Å². The molecule has 1 atom stereocenters. The van der Waals surface area contributed by atoms with Crippen molar-refractivity contribution in [3.05, 3.63) is 59.9 Å². The van der Waals surface area contributed by atoms with Gasteiger partial charge in [0.1, 0.15) is 5.82 Å². The van der Waals surface area contributed by atoms with Gasteiger partial charge in [0.05, 0.1) is 4.90 Å². The molecule has 0 saturated carbocycles. The molecule has 27 heavy (non-hydrogen) atoms. The van der Waals surface area contributed by atoms with Crippen LogP contribution < -0.4 is 10.5 Å². The number of rotatable bonds is 5. The van der Waals surface area contributed by atoms with Crippen LogP contribution in [0.3, 0.4) is 0 Å². The molecular formula is C18H21ClFN3O3S. The van der Waals surface area contributed by atoms with Gasteiger partial charge in [-0.05, 0) is 67.4 Å². The van der Waals surface area contributed by atoms with Crippen molar-refractivity contribution in [2.45, 2.75) is 11.3 Å². The van der Waals surface area contributed by atoms with E-state index in [0.29, 0.717) is 36.8 Å². The van der Waals surface area contributed by atoms with Gasteiger partial charge >= 0.3 is 0 Å². The normalized spacial score (nSPS) is 16.7. The van der Waals surface area contributed by atoms with Gasteiger partial charge in [0.2, 0.25) is 0 Å². The first-order valence-corrected chi connectivity index (χ1v) is 9.75. The molecule has 2 aromatic carbocycles. The minimum Gasteiger partial charge on any atom is -0.338 e. The highest BCUT2D eigenvalue weighted by atomic mass is 35.5. The van der Waals surface area contributed by atoms with Gasteiger partial charge < -0.3 is 10.6 Å². The van der Waals surface area contributed by atoms with Crippen LogP contribution in [0.2, 0.25) is 0 Å². The van der Waals surface area contributed by atoms with Crippen molar-refractivity contribution in [2.75, 3.05) is 24.4 Å². The quantitative estimate of drug-likeness (QED) is 0.787. The standard InChI is InChI=1S/C18H20FN3O3S.ClH/c19-15-3-7-17(8-4-15)26(24,25)21-16-5-1-14(2-6-16)18(23)22-10-9-13(11-20)12-22;/h1-8,13,21H,9-12,20H2;1H. The van der Waals surface area contributed by atoms with E-state index >= 15 is 0 Å². The van der Waals surface area contributed by atoms with Crippen molar-refractivity contribution in [1.29, 1.82) is 0 Å². The number of amides is 1. The average molecular weight is 414 g/mol. The summed E-state index contributed by atoms with van der Waals surface area (Å²) in [5.41, 5.74) is 6.46. The predicted octanol–water partition coefficient (Wildman–Crippen LogP) is 2.47. The van der Waals surface area contributed by atoms with E-state index in [1.807, 2.05) is 0 Å². The molecular weight excluding hydrogens is 393 g/mol. The Hall–Kier alpha value is -2.16. The lowest BCUT2D eigenvalue weighted by atomic mass is 10.1. The summed E-state index contributed by atoms with van der Waals surface area (Å²) in [6.07, 6.45) is 0.901. The van der Waals surface area contributed by atoms with Crippen LogP contribution in [0, 0.1) is 11.7 Å². The number of likely N-dealkylation sites (tertiary alicyclic amines) is 1. The third kappa shape index (κ3) is 4.97. The number of hydrogen-bond acceptors (Lipinski definition) is 4. The molecule has 2 aromatic rings. The van der Waals surface area contributed by atoms with E-state index in [2.05, 4.69) is 4.72 Å². The van der Waals surface area contributed by atoms with Gasteiger partial charge in [0, 0.05) is 24.3 Å². The predicted molar refractivity (Wildman–Crippen MR) is 104 cm³/mol. The zero-order valence-electron chi connectivity index (χ0n) is 14.5. The first kappa shape index (κ1) is 21.1. The number of carbonyl (C=O) groups excluding carboxylic acids is 1. The van der Waals surface area contributed by atoms with E-state index < -0.39 is 15.8 Å².